The Kier molecular flexibility index (Phi) is 3.14. The van der Waals surface area contributed by atoms with Gasteiger partial charge in [-0.05, 0) is 55.4 Å². The lowest BCUT2D eigenvalue weighted by molar-refractivity contribution is 0.445. The van der Waals surface area contributed by atoms with Crippen LogP contribution in [0.25, 0.3) is 0 Å². The Morgan fingerprint density at radius 3 is 2.42 bits per heavy atom. The van der Waals surface area contributed by atoms with Crippen molar-refractivity contribution in [2.45, 2.75) is 31.1 Å². The number of benzene rings is 1. The van der Waals surface area contributed by atoms with E-state index >= 15 is 0 Å². The largest absolute Gasteiger partial charge is 0.243 e. The summed E-state index contributed by atoms with van der Waals surface area (Å²) in [7, 11) is -3.45. The average Bonchev–Trinajstić information content (AvgIpc) is 2.93. The van der Waals surface area contributed by atoms with Crippen LogP contribution >= 0.6 is 0 Å². The van der Waals surface area contributed by atoms with E-state index in [2.05, 4.69) is 0 Å². The van der Waals surface area contributed by atoms with Gasteiger partial charge in [0.2, 0.25) is 10.0 Å². The molecule has 2 aliphatic rings. The van der Waals surface area contributed by atoms with E-state index in [0.29, 0.717) is 30.5 Å². The molecular formula is C14H18FNO2S. The van der Waals surface area contributed by atoms with Crippen LogP contribution in [0.15, 0.2) is 23.1 Å². The van der Waals surface area contributed by atoms with E-state index in [4.69, 9.17) is 0 Å². The highest BCUT2D eigenvalue weighted by molar-refractivity contribution is 7.89. The predicted molar refractivity (Wildman–Crippen MR) is 70.7 cm³/mol. The van der Waals surface area contributed by atoms with Crippen LogP contribution in [0.2, 0.25) is 0 Å². The van der Waals surface area contributed by atoms with Crippen LogP contribution in [0.1, 0.15) is 24.8 Å². The molecule has 1 aliphatic heterocycles. The van der Waals surface area contributed by atoms with Crippen molar-refractivity contribution < 1.29 is 12.8 Å². The van der Waals surface area contributed by atoms with Crippen molar-refractivity contribution >= 4 is 10.0 Å². The quantitative estimate of drug-likeness (QED) is 0.836. The number of hydrogen-bond donors (Lipinski definition) is 0. The van der Waals surface area contributed by atoms with Gasteiger partial charge in [-0.2, -0.15) is 4.31 Å². The molecule has 1 heterocycles. The zero-order valence-corrected chi connectivity index (χ0v) is 11.8. The molecule has 3 nitrogen and oxygen atoms in total. The Hall–Kier alpha value is -0.940. The van der Waals surface area contributed by atoms with Gasteiger partial charge in [0.05, 0.1) is 4.90 Å². The first kappa shape index (κ1) is 13.1. The van der Waals surface area contributed by atoms with Crippen molar-refractivity contribution in [3.05, 3.63) is 29.6 Å². The van der Waals surface area contributed by atoms with Crippen LogP contribution in [-0.4, -0.2) is 25.8 Å². The van der Waals surface area contributed by atoms with Gasteiger partial charge in [-0.25, -0.2) is 12.8 Å². The standard InChI is InChI=1S/C14H18FNO2S/c1-10-7-13(5-6-14(10)15)19(17,18)16-8-11-3-2-4-12(11)9-16/h5-7,11-12H,2-4,8-9H2,1H3. The third-order valence-corrected chi connectivity index (χ3v) is 6.29. The Labute approximate surface area is 113 Å². The molecule has 1 aromatic carbocycles. The van der Waals surface area contributed by atoms with Gasteiger partial charge < -0.3 is 0 Å². The lowest BCUT2D eigenvalue weighted by atomic mass is 10.0. The molecule has 104 valence electrons. The molecule has 2 unspecified atom stereocenters. The maximum absolute atomic E-state index is 13.2. The van der Waals surface area contributed by atoms with Crippen molar-refractivity contribution in [1.29, 1.82) is 0 Å². The Morgan fingerprint density at radius 2 is 1.84 bits per heavy atom. The second-order valence-corrected chi connectivity index (χ2v) is 7.62. The number of hydrogen-bond acceptors (Lipinski definition) is 2. The smallest absolute Gasteiger partial charge is 0.207 e. The molecule has 0 radical (unpaired) electrons. The maximum atomic E-state index is 13.2. The summed E-state index contributed by atoms with van der Waals surface area (Å²) in [5.74, 6) is 0.685. The molecule has 1 aliphatic carbocycles. The molecule has 1 aromatic rings. The van der Waals surface area contributed by atoms with Gasteiger partial charge in [0.25, 0.3) is 0 Å². The molecule has 0 N–H and O–H groups in total. The number of fused-ring (bicyclic) bond motifs is 1. The summed E-state index contributed by atoms with van der Waals surface area (Å²) < 4.78 is 39.9. The highest BCUT2D eigenvalue weighted by Crippen LogP contribution is 2.39. The summed E-state index contributed by atoms with van der Waals surface area (Å²) in [6, 6.07) is 4.03. The number of halogens is 1. The molecule has 2 fully saturated rings. The summed E-state index contributed by atoms with van der Waals surface area (Å²) >= 11 is 0. The van der Waals surface area contributed by atoms with Crippen LogP contribution in [-0.2, 0) is 10.0 Å². The highest BCUT2D eigenvalue weighted by atomic mass is 32.2. The minimum Gasteiger partial charge on any atom is -0.207 e. The van der Waals surface area contributed by atoms with Crippen molar-refractivity contribution in [2.75, 3.05) is 13.1 Å². The fourth-order valence-corrected chi connectivity index (χ4v) is 4.95. The van der Waals surface area contributed by atoms with E-state index < -0.39 is 10.0 Å². The van der Waals surface area contributed by atoms with Crippen LogP contribution < -0.4 is 0 Å². The van der Waals surface area contributed by atoms with Crippen molar-refractivity contribution in [2.24, 2.45) is 11.8 Å². The summed E-state index contributed by atoms with van der Waals surface area (Å²) in [4.78, 5) is 0.214. The molecule has 1 saturated carbocycles. The molecule has 2 atom stereocenters. The number of sulfonamides is 1. The van der Waals surface area contributed by atoms with Gasteiger partial charge >= 0.3 is 0 Å². The van der Waals surface area contributed by atoms with Crippen LogP contribution in [0, 0.1) is 24.6 Å². The predicted octanol–water partition coefficient (Wildman–Crippen LogP) is 2.55. The molecule has 0 amide bonds. The molecule has 0 aromatic heterocycles. The van der Waals surface area contributed by atoms with Crippen molar-refractivity contribution in [1.82, 2.24) is 4.31 Å². The Morgan fingerprint density at radius 1 is 1.21 bits per heavy atom. The van der Waals surface area contributed by atoms with E-state index in [1.165, 1.54) is 24.6 Å². The van der Waals surface area contributed by atoms with Crippen LogP contribution in [0.4, 0.5) is 4.39 Å². The monoisotopic (exact) mass is 283 g/mol. The van der Waals surface area contributed by atoms with Crippen LogP contribution in [0.3, 0.4) is 0 Å². The van der Waals surface area contributed by atoms with E-state index in [0.717, 1.165) is 12.8 Å². The summed E-state index contributed by atoms with van der Waals surface area (Å²) in [5, 5.41) is 0. The second-order valence-electron chi connectivity index (χ2n) is 5.68. The minimum atomic E-state index is -3.45. The number of rotatable bonds is 2. The Balaban J connectivity index is 1.88. The Bertz CT molecular complexity index is 587. The zero-order valence-electron chi connectivity index (χ0n) is 11.0. The number of nitrogens with zero attached hydrogens (tertiary/aromatic N) is 1. The second kappa shape index (κ2) is 4.56. The molecule has 19 heavy (non-hydrogen) atoms. The SMILES string of the molecule is Cc1cc(S(=O)(=O)N2CC3CCCC3C2)ccc1F. The third-order valence-electron chi connectivity index (χ3n) is 4.46. The third kappa shape index (κ3) is 2.19. The van der Waals surface area contributed by atoms with Gasteiger partial charge in [-0.1, -0.05) is 6.42 Å². The molecule has 0 spiro atoms. The van der Waals surface area contributed by atoms with E-state index in [1.807, 2.05) is 0 Å². The average molecular weight is 283 g/mol. The zero-order chi connectivity index (χ0) is 13.6. The van der Waals surface area contributed by atoms with Crippen molar-refractivity contribution in [3.63, 3.8) is 0 Å². The van der Waals surface area contributed by atoms with E-state index in [-0.39, 0.29) is 10.7 Å². The summed E-state index contributed by atoms with van der Waals surface area (Å²) in [5.41, 5.74) is 0.375. The fourth-order valence-electron chi connectivity index (χ4n) is 3.31. The van der Waals surface area contributed by atoms with E-state index in [1.54, 1.807) is 11.2 Å². The summed E-state index contributed by atoms with van der Waals surface area (Å²) in [6.45, 7) is 2.85. The van der Waals surface area contributed by atoms with Gasteiger partial charge in [0.1, 0.15) is 5.82 Å². The maximum Gasteiger partial charge on any atom is 0.243 e. The first-order valence-corrected chi connectivity index (χ1v) is 8.19. The molecular weight excluding hydrogens is 265 g/mol. The molecule has 1 saturated heterocycles. The lowest BCUT2D eigenvalue weighted by Gasteiger charge is -2.17. The van der Waals surface area contributed by atoms with Gasteiger partial charge in [0, 0.05) is 13.1 Å². The van der Waals surface area contributed by atoms with E-state index in [9.17, 15) is 12.8 Å². The van der Waals surface area contributed by atoms with Gasteiger partial charge in [-0.15, -0.1) is 0 Å². The highest BCUT2D eigenvalue weighted by Gasteiger charge is 2.41. The van der Waals surface area contributed by atoms with Crippen LogP contribution in [0.5, 0.6) is 0 Å². The molecule has 3 rings (SSSR count). The minimum absolute atomic E-state index is 0.214. The topological polar surface area (TPSA) is 37.4 Å². The molecule has 0 bridgehead atoms. The van der Waals surface area contributed by atoms with Gasteiger partial charge in [0.15, 0.2) is 0 Å². The normalized spacial score (nSPS) is 27.7. The van der Waals surface area contributed by atoms with Crippen molar-refractivity contribution in [3.8, 4) is 0 Å². The fraction of sp³-hybridized carbons (Fsp3) is 0.571. The van der Waals surface area contributed by atoms with Gasteiger partial charge in [-0.3, -0.25) is 0 Å². The molecule has 5 heteroatoms. The summed E-state index contributed by atoms with van der Waals surface area (Å²) in [6.07, 6.45) is 3.50. The first-order valence-electron chi connectivity index (χ1n) is 6.75. The number of aryl methyl sites for hydroxylation is 1. The first-order chi connectivity index (χ1) is 8.98. The lowest BCUT2D eigenvalue weighted by Crippen LogP contribution is -2.29.